The average Bonchev–Trinajstić information content (AvgIpc) is 3.19. The summed E-state index contributed by atoms with van der Waals surface area (Å²) >= 11 is 0. The standard InChI is InChI=1S/C21H22F3N3O2/c1-14-5-2-6-15(11-14)19(28)27-20(25-13-18-9-4-10-29-18)26-17-8-3-7-16(12-17)21(22,23)24/h2-3,5-8,11-12,18H,4,9-10,13H2,1H3,(H2,25,26,27,28)/t18-/m0/s1. The van der Waals surface area contributed by atoms with Gasteiger partial charge in [0.2, 0.25) is 5.96 Å². The van der Waals surface area contributed by atoms with E-state index in [-0.39, 0.29) is 17.8 Å². The number of hydrogen-bond donors (Lipinski definition) is 2. The van der Waals surface area contributed by atoms with Crippen molar-refractivity contribution >= 4 is 17.6 Å². The molecule has 2 aromatic rings. The number of halogens is 3. The van der Waals surface area contributed by atoms with Crippen LogP contribution in [-0.4, -0.2) is 31.1 Å². The number of carbonyl (C=O) groups excluding carboxylic acids is 1. The van der Waals surface area contributed by atoms with Gasteiger partial charge in [-0.3, -0.25) is 10.1 Å². The van der Waals surface area contributed by atoms with E-state index in [1.54, 1.807) is 18.2 Å². The lowest BCUT2D eigenvalue weighted by Crippen LogP contribution is -2.36. The van der Waals surface area contributed by atoms with E-state index in [4.69, 9.17) is 4.74 Å². The zero-order valence-electron chi connectivity index (χ0n) is 15.9. The zero-order valence-corrected chi connectivity index (χ0v) is 15.9. The van der Waals surface area contributed by atoms with Crippen LogP contribution in [0, 0.1) is 6.92 Å². The number of amides is 1. The molecule has 0 saturated carbocycles. The summed E-state index contributed by atoms with van der Waals surface area (Å²) in [6, 6.07) is 11.7. The molecule has 1 aliphatic heterocycles. The normalized spacial score (nSPS) is 17.2. The third-order valence-corrected chi connectivity index (χ3v) is 4.44. The molecule has 29 heavy (non-hydrogen) atoms. The number of hydrogen-bond acceptors (Lipinski definition) is 3. The van der Waals surface area contributed by atoms with Gasteiger partial charge in [-0.25, -0.2) is 4.99 Å². The van der Waals surface area contributed by atoms with Crippen molar-refractivity contribution in [2.75, 3.05) is 18.5 Å². The highest BCUT2D eigenvalue weighted by atomic mass is 19.4. The summed E-state index contributed by atoms with van der Waals surface area (Å²) in [7, 11) is 0. The minimum atomic E-state index is -4.46. The van der Waals surface area contributed by atoms with E-state index in [1.165, 1.54) is 12.1 Å². The highest BCUT2D eigenvalue weighted by molar-refractivity contribution is 6.10. The minimum Gasteiger partial charge on any atom is -0.376 e. The molecule has 2 aromatic carbocycles. The number of ether oxygens (including phenoxy) is 1. The Balaban J connectivity index is 1.79. The third kappa shape index (κ3) is 6.05. The number of aryl methyl sites for hydroxylation is 1. The first kappa shape index (κ1) is 20.9. The summed E-state index contributed by atoms with van der Waals surface area (Å²) in [6.07, 6.45) is -2.74. The molecule has 0 aromatic heterocycles. The number of nitrogens with zero attached hydrogens (tertiary/aromatic N) is 1. The summed E-state index contributed by atoms with van der Waals surface area (Å²) in [4.78, 5) is 16.9. The lowest BCUT2D eigenvalue weighted by Gasteiger charge is -2.15. The van der Waals surface area contributed by atoms with Gasteiger partial charge in [0, 0.05) is 17.9 Å². The quantitative estimate of drug-likeness (QED) is 0.586. The molecule has 1 fully saturated rings. The Morgan fingerprint density at radius 1 is 1.21 bits per heavy atom. The molecule has 2 N–H and O–H groups in total. The average molecular weight is 405 g/mol. The van der Waals surface area contributed by atoms with Crippen LogP contribution >= 0.6 is 0 Å². The second kappa shape index (κ2) is 9.09. The van der Waals surface area contributed by atoms with E-state index < -0.39 is 17.6 Å². The van der Waals surface area contributed by atoms with Gasteiger partial charge in [0.1, 0.15) is 0 Å². The number of benzene rings is 2. The molecule has 1 saturated heterocycles. The highest BCUT2D eigenvalue weighted by Gasteiger charge is 2.30. The van der Waals surface area contributed by atoms with Crippen LogP contribution in [0.1, 0.15) is 34.3 Å². The molecule has 0 radical (unpaired) electrons. The fraction of sp³-hybridized carbons (Fsp3) is 0.333. The first-order chi connectivity index (χ1) is 13.8. The topological polar surface area (TPSA) is 62.7 Å². The van der Waals surface area contributed by atoms with Crippen molar-refractivity contribution in [3.63, 3.8) is 0 Å². The molecule has 1 atom stereocenters. The predicted molar refractivity (Wildman–Crippen MR) is 105 cm³/mol. The molecule has 154 valence electrons. The van der Waals surface area contributed by atoms with Crippen LogP contribution in [0.5, 0.6) is 0 Å². The fourth-order valence-electron chi connectivity index (χ4n) is 2.97. The van der Waals surface area contributed by atoms with Gasteiger partial charge in [-0.1, -0.05) is 23.8 Å². The van der Waals surface area contributed by atoms with Crippen LogP contribution in [0.3, 0.4) is 0 Å². The number of aliphatic imine (C=N–C) groups is 1. The Morgan fingerprint density at radius 3 is 2.69 bits per heavy atom. The summed E-state index contributed by atoms with van der Waals surface area (Å²) in [5.41, 5.74) is 0.739. The minimum absolute atomic E-state index is 0.0656. The van der Waals surface area contributed by atoms with Crippen LogP contribution in [0.4, 0.5) is 18.9 Å². The molecule has 0 unspecified atom stereocenters. The maximum atomic E-state index is 13.0. The third-order valence-electron chi connectivity index (χ3n) is 4.44. The molecule has 5 nitrogen and oxygen atoms in total. The first-order valence-corrected chi connectivity index (χ1v) is 9.29. The van der Waals surface area contributed by atoms with Crippen LogP contribution < -0.4 is 10.6 Å². The number of rotatable bonds is 4. The van der Waals surface area contributed by atoms with Crippen LogP contribution in [0.15, 0.2) is 53.5 Å². The van der Waals surface area contributed by atoms with Gasteiger partial charge in [-0.15, -0.1) is 0 Å². The molecule has 0 aliphatic carbocycles. The van der Waals surface area contributed by atoms with E-state index in [9.17, 15) is 18.0 Å². The van der Waals surface area contributed by atoms with E-state index in [0.717, 1.165) is 30.5 Å². The van der Waals surface area contributed by atoms with Crippen molar-refractivity contribution in [1.29, 1.82) is 0 Å². The number of carbonyl (C=O) groups is 1. The Labute approximate surface area is 167 Å². The molecule has 0 spiro atoms. The van der Waals surface area contributed by atoms with Crippen molar-refractivity contribution in [1.82, 2.24) is 5.32 Å². The van der Waals surface area contributed by atoms with Crippen molar-refractivity contribution in [3.05, 3.63) is 65.2 Å². The number of guanidine groups is 1. The van der Waals surface area contributed by atoms with Gasteiger partial charge in [-0.05, 0) is 50.1 Å². The number of nitrogens with one attached hydrogen (secondary N) is 2. The van der Waals surface area contributed by atoms with Gasteiger partial charge in [0.15, 0.2) is 0 Å². The smallest absolute Gasteiger partial charge is 0.376 e. The molecule has 8 heteroatoms. The highest BCUT2D eigenvalue weighted by Crippen LogP contribution is 2.30. The Kier molecular flexibility index (Phi) is 6.53. The molecule has 1 aliphatic rings. The van der Waals surface area contributed by atoms with E-state index in [2.05, 4.69) is 15.6 Å². The van der Waals surface area contributed by atoms with Gasteiger partial charge < -0.3 is 10.1 Å². The lowest BCUT2D eigenvalue weighted by atomic mass is 10.1. The number of alkyl halides is 3. The van der Waals surface area contributed by atoms with E-state index in [0.29, 0.717) is 18.7 Å². The molecular weight excluding hydrogens is 383 g/mol. The maximum absolute atomic E-state index is 13.0. The van der Waals surface area contributed by atoms with Crippen LogP contribution in [0.2, 0.25) is 0 Å². The fourth-order valence-corrected chi connectivity index (χ4v) is 2.97. The van der Waals surface area contributed by atoms with Crippen molar-refractivity contribution < 1.29 is 22.7 Å². The summed E-state index contributed by atoms with van der Waals surface area (Å²) in [5, 5.41) is 5.45. The molecule has 3 rings (SSSR count). The molecule has 0 bridgehead atoms. The summed E-state index contributed by atoms with van der Waals surface area (Å²) in [5.74, 6) is -0.328. The summed E-state index contributed by atoms with van der Waals surface area (Å²) in [6.45, 7) is 2.83. The van der Waals surface area contributed by atoms with Gasteiger partial charge in [-0.2, -0.15) is 13.2 Å². The van der Waals surface area contributed by atoms with Crippen LogP contribution in [0.25, 0.3) is 0 Å². The summed E-state index contributed by atoms with van der Waals surface area (Å²) < 4.78 is 44.5. The molecule has 1 heterocycles. The second-order valence-corrected chi connectivity index (χ2v) is 6.85. The number of anilines is 1. The van der Waals surface area contributed by atoms with Gasteiger partial charge in [0.25, 0.3) is 5.91 Å². The zero-order chi connectivity index (χ0) is 20.9. The van der Waals surface area contributed by atoms with Crippen molar-refractivity contribution in [2.45, 2.75) is 32.0 Å². The lowest BCUT2D eigenvalue weighted by molar-refractivity contribution is -0.137. The van der Waals surface area contributed by atoms with Crippen molar-refractivity contribution in [2.24, 2.45) is 4.99 Å². The monoisotopic (exact) mass is 405 g/mol. The Hall–Kier alpha value is -2.87. The molecular formula is C21H22F3N3O2. The van der Waals surface area contributed by atoms with E-state index in [1.807, 2.05) is 13.0 Å². The van der Waals surface area contributed by atoms with Gasteiger partial charge >= 0.3 is 6.18 Å². The van der Waals surface area contributed by atoms with Gasteiger partial charge in [0.05, 0.1) is 18.2 Å². The van der Waals surface area contributed by atoms with E-state index >= 15 is 0 Å². The van der Waals surface area contributed by atoms with Crippen molar-refractivity contribution in [3.8, 4) is 0 Å². The largest absolute Gasteiger partial charge is 0.416 e. The molecule has 1 amide bonds. The SMILES string of the molecule is Cc1cccc(C(=O)NC(=NC[C@@H]2CCCO2)Nc2cccc(C(F)(F)F)c2)c1. The predicted octanol–water partition coefficient (Wildman–Crippen LogP) is 4.39. The second-order valence-electron chi connectivity index (χ2n) is 6.85. The van der Waals surface area contributed by atoms with Crippen LogP contribution in [-0.2, 0) is 10.9 Å². The first-order valence-electron chi connectivity index (χ1n) is 9.29. The maximum Gasteiger partial charge on any atom is 0.416 e. The Morgan fingerprint density at radius 2 is 2.00 bits per heavy atom. The Bertz CT molecular complexity index is 891.